The van der Waals surface area contributed by atoms with Gasteiger partial charge in [0.1, 0.15) is 5.82 Å². The van der Waals surface area contributed by atoms with Crippen molar-refractivity contribution >= 4 is 6.03 Å². The van der Waals surface area contributed by atoms with Crippen LogP contribution in [-0.2, 0) is 13.1 Å². The number of amides is 2. The Kier molecular flexibility index (Phi) is 4.86. The van der Waals surface area contributed by atoms with Gasteiger partial charge in [0, 0.05) is 24.8 Å². The topological polar surface area (TPSA) is 69.8 Å². The summed E-state index contributed by atoms with van der Waals surface area (Å²) in [7, 11) is 0. The minimum Gasteiger partial charge on any atom is -0.334 e. The third-order valence-corrected chi connectivity index (χ3v) is 3.62. The normalized spacial score (nSPS) is 10.4. The molecule has 122 valence electrons. The molecule has 0 aliphatic carbocycles. The molecular weight excluding hydrogens is 307 g/mol. The molecule has 0 radical (unpaired) electrons. The molecule has 1 heterocycles. The number of aromatic nitrogens is 2. The van der Waals surface area contributed by atoms with Gasteiger partial charge in [-0.15, -0.1) is 0 Å². The maximum Gasteiger partial charge on any atom is 0.315 e. The number of hydrogen-bond donors (Lipinski definition) is 3. The van der Waals surface area contributed by atoms with Crippen molar-refractivity contribution in [1.29, 1.82) is 0 Å². The second-order valence-electron chi connectivity index (χ2n) is 5.29. The molecule has 2 amide bonds. The Bertz CT molecular complexity index is 800. The molecule has 0 bridgehead atoms. The van der Waals surface area contributed by atoms with Gasteiger partial charge in [0.25, 0.3) is 0 Å². The SMILES string of the molecule is O=C(NCc1ccc(-c2ccn[nH]2)cc1)NCc1ccccc1F. The molecule has 5 nitrogen and oxygen atoms in total. The van der Waals surface area contributed by atoms with Crippen LogP contribution in [0.15, 0.2) is 60.8 Å². The number of carbonyl (C=O) groups is 1. The average molecular weight is 324 g/mol. The van der Waals surface area contributed by atoms with Crippen molar-refractivity contribution in [1.82, 2.24) is 20.8 Å². The van der Waals surface area contributed by atoms with Crippen molar-refractivity contribution in [3.63, 3.8) is 0 Å². The Morgan fingerprint density at radius 2 is 1.75 bits per heavy atom. The summed E-state index contributed by atoms with van der Waals surface area (Å²) in [5.74, 6) is -0.327. The van der Waals surface area contributed by atoms with Gasteiger partial charge in [0.15, 0.2) is 0 Å². The summed E-state index contributed by atoms with van der Waals surface area (Å²) in [5, 5.41) is 12.2. The molecule has 6 heteroatoms. The first kappa shape index (κ1) is 15.7. The first-order valence-corrected chi connectivity index (χ1v) is 7.56. The summed E-state index contributed by atoms with van der Waals surface area (Å²) >= 11 is 0. The smallest absolute Gasteiger partial charge is 0.315 e. The van der Waals surface area contributed by atoms with Gasteiger partial charge < -0.3 is 10.6 Å². The van der Waals surface area contributed by atoms with Crippen LogP contribution in [0, 0.1) is 5.82 Å². The van der Waals surface area contributed by atoms with E-state index >= 15 is 0 Å². The molecule has 0 aliphatic rings. The Hall–Kier alpha value is -3.15. The molecule has 1 aromatic heterocycles. The maximum absolute atomic E-state index is 13.5. The molecule has 24 heavy (non-hydrogen) atoms. The van der Waals surface area contributed by atoms with E-state index in [9.17, 15) is 9.18 Å². The lowest BCUT2D eigenvalue weighted by Gasteiger charge is -2.09. The van der Waals surface area contributed by atoms with Crippen molar-refractivity contribution in [2.45, 2.75) is 13.1 Å². The van der Waals surface area contributed by atoms with Crippen LogP contribution in [0.3, 0.4) is 0 Å². The van der Waals surface area contributed by atoms with E-state index < -0.39 is 0 Å². The van der Waals surface area contributed by atoms with E-state index in [-0.39, 0.29) is 18.4 Å². The zero-order valence-corrected chi connectivity index (χ0v) is 12.9. The fourth-order valence-corrected chi connectivity index (χ4v) is 2.28. The first-order valence-electron chi connectivity index (χ1n) is 7.56. The molecule has 0 fully saturated rings. The Balaban J connectivity index is 1.48. The molecule has 0 atom stereocenters. The van der Waals surface area contributed by atoms with Crippen LogP contribution in [0.4, 0.5) is 9.18 Å². The van der Waals surface area contributed by atoms with Crippen molar-refractivity contribution in [3.8, 4) is 11.3 Å². The first-order chi connectivity index (χ1) is 11.7. The van der Waals surface area contributed by atoms with Crippen molar-refractivity contribution in [2.75, 3.05) is 0 Å². The van der Waals surface area contributed by atoms with Gasteiger partial charge in [0.2, 0.25) is 0 Å². The summed E-state index contributed by atoms with van der Waals surface area (Å²) in [6.07, 6.45) is 1.70. The number of hydrogen-bond acceptors (Lipinski definition) is 2. The van der Waals surface area contributed by atoms with E-state index in [4.69, 9.17) is 0 Å². The van der Waals surface area contributed by atoms with Gasteiger partial charge in [-0.25, -0.2) is 9.18 Å². The third kappa shape index (κ3) is 3.98. The van der Waals surface area contributed by atoms with E-state index in [1.807, 2.05) is 30.3 Å². The molecule has 3 rings (SSSR count). The Morgan fingerprint density at radius 1 is 1.00 bits per heavy atom. The molecule has 0 aliphatic heterocycles. The van der Waals surface area contributed by atoms with Crippen LogP contribution in [0.25, 0.3) is 11.3 Å². The quantitative estimate of drug-likeness (QED) is 0.674. The Labute approximate surface area is 138 Å². The number of nitrogens with one attached hydrogen (secondary N) is 3. The minimum absolute atomic E-state index is 0.150. The predicted molar refractivity (Wildman–Crippen MR) is 89.5 cm³/mol. The standard InChI is InChI=1S/C18H17FN4O/c19-16-4-2-1-3-15(16)12-21-18(24)20-11-13-5-7-14(8-6-13)17-9-10-22-23-17/h1-10H,11-12H2,(H,22,23)(H2,20,21,24). The lowest BCUT2D eigenvalue weighted by atomic mass is 10.1. The number of carbonyl (C=O) groups excluding carboxylic acids is 1. The monoisotopic (exact) mass is 324 g/mol. The molecule has 0 saturated heterocycles. The number of urea groups is 1. The molecular formula is C18H17FN4O. The molecule has 2 aromatic carbocycles. The number of H-pyrrole nitrogens is 1. The summed E-state index contributed by atoms with van der Waals surface area (Å²) in [6, 6.07) is 15.7. The molecule has 0 spiro atoms. The van der Waals surface area contributed by atoms with Crippen molar-refractivity contribution in [2.24, 2.45) is 0 Å². The second-order valence-corrected chi connectivity index (χ2v) is 5.29. The van der Waals surface area contributed by atoms with Crippen LogP contribution in [0.2, 0.25) is 0 Å². The Morgan fingerprint density at radius 3 is 2.46 bits per heavy atom. The molecule has 3 N–H and O–H groups in total. The van der Waals surface area contributed by atoms with E-state index in [1.54, 1.807) is 24.4 Å². The van der Waals surface area contributed by atoms with Crippen LogP contribution in [0.1, 0.15) is 11.1 Å². The van der Waals surface area contributed by atoms with E-state index in [2.05, 4.69) is 20.8 Å². The van der Waals surface area contributed by atoms with Crippen LogP contribution in [0.5, 0.6) is 0 Å². The van der Waals surface area contributed by atoms with Crippen LogP contribution >= 0.6 is 0 Å². The van der Waals surface area contributed by atoms with Crippen molar-refractivity contribution in [3.05, 3.63) is 77.7 Å². The summed E-state index contributed by atoms with van der Waals surface area (Å²) in [4.78, 5) is 11.8. The van der Waals surface area contributed by atoms with Crippen LogP contribution < -0.4 is 10.6 Å². The van der Waals surface area contributed by atoms with Gasteiger partial charge >= 0.3 is 6.03 Å². The highest BCUT2D eigenvalue weighted by atomic mass is 19.1. The van der Waals surface area contributed by atoms with E-state index in [0.29, 0.717) is 12.1 Å². The highest BCUT2D eigenvalue weighted by Crippen LogP contribution is 2.16. The predicted octanol–water partition coefficient (Wildman–Crippen LogP) is 3.22. The number of halogens is 1. The summed E-state index contributed by atoms with van der Waals surface area (Å²) < 4.78 is 13.5. The van der Waals surface area contributed by atoms with Gasteiger partial charge in [-0.2, -0.15) is 5.10 Å². The fourth-order valence-electron chi connectivity index (χ4n) is 2.28. The third-order valence-electron chi connectivity index (χ3n) is 3.62. The number of nitrogens with zero attached hydrogens (tertiary/aromatic N) is 1. The zero-order valence-electron chi connectivity index (χ0n) is 12.9. The maximum atomic E-state index is 13.5. The molecule has 0 saturated carbocycles. The molecule has 0 unspecified atom stereocenters. The number of benzene rings is 2. The highest BCUT2D eigenvalue weighted by Gasteiger charge is 2.04. The largest absolute Gasteiger partial charge is 0.334 e. The second kappa shape index (κ2) is 7.41. The van der Waals surface area contributed by atoms with Gasteiger partial charge in [0.05, 0.1) is 5.69 Å². The number of rotatable bonds is 5. The lowest BCUT2D eigenvalue weighted by Crippen LogP contribution is -2.34. The molecule has 3 aromatic rings. The minimum atomic E-state index is -0.337. The van der Waals surface area contributed by atoms with E-state index in [0.717, 1.165) is 16.8 Å². The van der Waals surface area contributed by atoms with Crippen molar-refractivity contribution < 1.29 is 9.18 Å². The number of aromatic amines is 1. The fraction of sp³-hybridized carbons (Fsp3) is 0.111. The summed E-state index contributed by atoms with van der Waals surface area (Å²) in [5.41, 5.74) is 3.40. The summed E-state index contributed by atoms with van der Waals surface area (Å²) in [6.45, 7) is 0.545. The highest BCUT2D eigenvalue weighted by molar-refractivity contribution is 5.73. The van der Waals surface area contributed by atoms with E-state index in [1.165, 1.54) is 6.07 Å². The average Bonchev–Trinajstić information content (AvgIpc) is 3.14. The van der Waals surface area contributed by atoms with Gasteiger partial charge in [-0.1, -0.05) is 42.5 Å². The van der Waals surface area contributed by atoms with Gasteiger partial charge in [-0.05, 0) is 23.3 Å². The van der Waals surface area contributed by atoms with Gasteiger partial charge in [-0.3, -0.25) is 5.10 Å². The zero-order chi connectivity index (χ0) is 16.8. The van der Waals surface area contributed by atoms with Crippen LogP contribution in [-0.4, -0.2) is 16.2 Å². The lowest BCUT2D eigenvalue weighted by molar-refractivity contribution is 0.240.